The van der Waals surface area contributed by atoms with E-state index in [0.717, 1.165) is 16.8 Å². The fourth-order valence-electron chi connectivity index (χ4n) is 2.95. The summed E-state index contributed by atoms with van der Waals surface area (Å²) in [6, 6.07) is 18.1. The molecular formula is C20H17N3O3S2. The molecule has 0 saturated carbocycles. The Morgan fingerprint density at radius 3 is 2.21 bits per heavy atom. The van der Waals surface area contributed by atoms with E-state index in [0.29, 0.717) is 11.4 Å². The summed E-state index contributed by atoms with van der Waals surface area (Å²) >= 11 is 1.65. The van der Waals surface area contributed by atoms with Crippen molar-refractivity contribution in [1.82, 2.24) is 9.78 Å². The van der Waals surface area contributed by atoms with Crippen LogP contribution in [0.5, 0.6) is 0 Å². The highest BCUT2D eigenvalue weighted by Gasteiger charge is 2.13. The molecule has 0 spiro atoms. The molecule has 0 fully saturated rings. The van der Waals surface area contributed by atoms with E-state index < -0.39 is 10.0 Å². The lowest BCUT2D eigenvalue weighted by Crippen LogP contribution is -2.12. The van der Waals surface area contributed by atoms with Crippen molar-refractivity contribution in [2.75, 3.05) is 0 Å². The van der Waals surface area contributed by atoms with Crippen molar-refractivity contribution in [3.8, 4) is 28.1 Å². The van der Waals surface area contributed by atoms with Gasteiger partial charge in [0.1, 0.15) is 0 Å². The fraction of sp³-hybridized carbons (Fsp3) is 0.0500. The number of nitrogens with two attached hydrogens (primary N) is 1. The smallest absolute Gasteiger partial charge is 0.238 e. The first-order chi connectivity index (χ1) is 13.5. The molecule has 0 aliphatic rings. The highest BCUT2D eigenvalue weighted by Crippen LogP contribution is 2.28. The van der Waals surface area contributed by atoms with Crippen LogP contribution >= 0.6 is 11.3 Å². The monoisotopic (exact) mass is 411 g/mol. The van der Waals surface area contributed by atoms with Crippen LogP contribution in [0.4, 0.5) is 0 Å². The van der Waals surface area contributed by atoms with E-state index in [1.54, 1.807) is 28.2 Å². The Balaban J connectivity index is 1.75. The molecule has 0 radical (unpaired) electrons. The van der Waals surface area contributed by atoms with E-state index in [-0.39, 0.29) is 11.5 Å². The van der Waals surface area contributed by atoms with Gasteiger partial charge in [-0.05, 0) is 58.3 Å². The molecule has 0 unspecified atom stereocenters. The average Bonchev–Trinajstić information content (AvgIpc) is 3.37. The minimum absolute atomic E-state index is 0.0347. The number of primary sulfonamides is 1. The Hall–Kier alpha value is -2.78. The molecular weight excluding hydrogens is 394 g/mol. The summed E-state index contributed by atoms with van der Waals surface area (Å²) in [7, 11) is -3.76. The zero-order valence-electron chi connectivity index (χ0n) is 14.7. The third-order valence-corrected chi connectivity index (χ3v) is 5.98. The van der Waals surface area contributed by atoms with E-state index in [1.807, 2.05) is 35.7 Å². The van der Waals surface area contributed by atoms with Crippen LogP contribution in [0.3, 0.4) is 0 Å². The standard InChI is InChI=1S/C20H17N3O3S2/c21-28(25,26)19-7-5-18(6-8-19)23-20(11-17(12-24)22-23)15-3-1-14(2-4-15)16-9-10-27-13-16/h1-11,13,24H,12H2,(H2,21,25,26). The normalized spacial score (nSPS) is 11.6. The second-order valence-corrected chi connectivity index (χ2v) is 8.56. The Labute approximate surface area is 166 Å². The van der Waals surface area contributed by atoms with Crippen LogP contribution in [-0.2, 0) is 16.6 Å². The van der Waals surface area contributed by atoms with E-state index in [2.05, 4.69) is 16.5 Å². The summed E-state index contributed by atoms with van der Waals surface area (Å²) in [5, 5.41) is 23.2. The van der Waals surface area contributed by atoms with Gasteiger partial charge >= 0.3 is 0 Å². The Bertz CT molecular complexity index is 1190. The fourth-order valence-corrected chi connectivity index (χ4v) is 4.13. The van der Waals surface area contributed by atoms with Crippen LogP contribution in [0.15, 0.2) is 76.3 Å². The highest BCUT2D eigenvalue weighted by molar-refractivity contribution is 7.89. The van der Waals surface area contributed by atoms with Crippen LogP contribution in [0, 0.1) is 0 Å². The zero-order valence-corrected chi connectivity index (χ0v) is 16.3. The molecule has 0 aliphatic carbocycles. The molecule has 0 bridgehead atoms. The average molecular weight is 412 g/mol. The van der Waals surface area contributed by atoms with Gasteiger partial charge in [0, 0.05) is 5.56 Å². The number of rotatable bonds is 5. The number of benzene rings is 2. The number of hydrogen-bond donors (Lipinski definition) is 2. The van der Waals surface area contributed by atoms with E-state index >= 15 is 0 Å². The number of aromatic nitrogens is 2. The molecule has 142 valence electrons. The first kappa shape index (κ1) is 18.6. The third kappa shape index (κ3) is 3.63. The summed E-state index contributed by atoms with van der Waals surface area (Å²) in [5.74, 6) is 0. The highest BCUT2D eigenvalue weighted by atomic mass is 32.2. The van der Waals surface area contributed by atoms with Gasteiger partial charge in [0.15, 0.2) is 0 Å². The number of sulfonamides is 1. The Morgan fingerprint density at radius 1 is 0.964 bits per heavy atom. The maximum atomic E-state index is 11.5. The molecule has 0 amide bonds. The largest absolute Gasteiger partial charge is 0.390 e. The van der Waals surface area contributed by atoms with Crippen LogP contribution < -0.4 is 5.14 Å². The van der Waals surface area contributed by atoms with Gasteiger partial charge in [0.05, 0.1) is 28.6 Å². The molecule has 4 aromatic rings. The molecule has 0 atom stereocenters. The quantitative estimate of drug-likeness (QED) is 0.526. The molecule has 28 heavy (non-hydrogen) atoms. The Morgan fingerprint density at radius 2 is 1.64 bits per heavy atom. The van der Waals surface area contributed by atoms with Gasteiger partial charge in [-0.3, -0.25) is 0 Å². The second kappa shape index (κ2) is 7.33. The first-order valence-corrected chi connectivity index (χ1v) is 10.9. The van der Waals surface area contributed by atoms with Crippen molar-refractivity contribution in [3.05, 3.63) is 77.1 Å². The maximum Gasteiger partial charge on any atom is 0.238 e. The van der Waals surface area contributed by atoms with Crippen molar-refractivity contribution in [1.29, 1.82) is 0 Å². The summed E-state index contributed by atoms with van der Waals surface area (Å²) < 4.78 is 24.6. The molecule has 3 N–H and O–H groups in total. The van der Waals surface area contributed by atoms with E-state index in [4.69, 9.17) is 5.14 Å². The Kier molecular flexibility index (Phi) is 4.86. The van der Waals surface area contributed by atoms with E-state index in [1.165, 1.54) is 17.7 Å². The van der Waals surface area contributed by atoms with Gasteiger partial charge in [-0.1, -0.05) is 24.3 Å². The summed E-state index contributed by atoms with van der Waals surface area (Å²) in [5.41, 5.74) is 5.21. The van der Waals surface area contributed by atoms with E-state index in [9.17, 15) is 13.5 Å². The SMILES string of the molecule is NS(=O)(=O)c1ccc(-n2nc(CO)cc2-c2ccc(-c3ccsc3)cc2)cc1. The predicted octanol–water partition coefficient (Wildman–Crippen LogP) is 3.41. The lowest BCUT2D eigenvalue weighted by molar-refractivity contribution is 0.276. The lowest BCUT2D eigenvalue weighted by Gasteiger charge is -2.09. The predicted molar refractivity (Wildman–Crippen MR) is 110 cm³/mol. The van der Waals surface area contributed by atoms with Crippen molar-refractivity contribution in [2.45, 2.75) is 11.5 Å². The molecule has 2 aromatic carbocycles. The van der Waals surface area contributed by atoms with Crippen LogP contribution in [0.1, 0.15) is 5.69 Å². The third-order valence-electron chi connectivity index (χ3n) is 4.37. The number of nitrogens with zero attached hydrogens (tertiary/aromatic N) is 2. The molecule has 0 aliphatic heterocycles. The molecule has 0 saturated heterocycles. The van der Waals surface area contributed by atoms with Gasteiger partial charge in [-0.25, -0.2) is 18.2 Å². The minimum Gasteiger partial charge on any atom is -0.390 e. The van der Waals surface area contributed by atoms with Crippen molar-refractivity contribution in [2.24, 2.45) is 5.14 Å². The number of hydrogen-bond acceptors (Lipinski definition) is 5. The van der Waals surface area contributed by atoms with Crippen LogP contribution in [0.2, 0.25) is 0 Å². The minimum atomic E-state index is -3.76. The van der Waals surface area contributed by atoms with Crippen LogP contribution in [0.25, 0.3) is 28.1 Å². The second-order valence-electron chi connectivity index (χ2n) is 6.22. The topological polar surface area (TPSA) is 98.2 Å². The maximum absolute atomic E-state index is 11.5. The molecule has 2 aromatic heterocycles. The first-order valence-electron chi connectivity index (χ1n) is 8.42. The summed E-state index contributed by atoms with van der Waals surface area (Å²) in [4.78, 5) is 0.0347. The van der Waals surface area contributed by atoms with Gasteiger partial charge in [0.2, 0.25) is 10.0 Å². The molecule has 2 heterocycles. The zero-order chi connectivity index (χ0) is 19.7. The summed E-state index contributed by atoms with van der Waals surface area (Å²) in [6.07, 6.45) is 0. The lowest BCUT2D eigenvalue weighted by atomic mass is 10.0. The van der Waals surface area contributed by atoms with Gasteiger partial charge < -0.3 is 5.11 Å². The van der Waals surface area contributed by atoms with Crippen LogP contribution in [-0.4, -0.2) is 23.3 Å². The number of aliphatic hydroxyl groups is 1. The van der Waals surface area contributed by atoms with Gasteiger partial charge in [-0.2, -0.15) is 16.4 Å². The number of aliphatic hydroxyl groups excluding tert-OH is 1. The molecule has 8 heteroatoms. The molecule has 4 rings (SSSR count). The number of thiophene rings is 1. The van der Waals surface area contributed by atoms with Gasteiger partial charge in [0.25, 0.3) is 0 Å². The van der Waals surface area contributed by atoms with Crippen molar-refractivity contribution in [3.63, 3.8) is 0 Å². The van der Waals surface area contributed by atoms with Crippen molar-refractivity contribution >= 4 is 21.4 Å². The summed E-state index contributed by atoms with van der Waals surface area (Å²) in [6.45, 7) is -0.192. The van der Waals surface area contributed by atoms with Crippen molar-refractivity contribution < 1.29 is 13.5 Å². The molecule has 6 nitrogen and oxygen atoms in total. The van der Waals surface area contributed by atoms with Gasteiger partial charge in [-0.15, -0.1) is 0 Å².